The third-order valence-electron chi connectivity index (χ3n) is 3.64. The van der Waals surface area contributed by atoms with E-state index in [1.807, 2.05) is 12.1 Å². The second-order valence-corrected chi connectivity index (χ2v) is 5.79. The maximum atomic E-state index is 6.17. The van der Waals surface area contributed by atoms with E-state index in [9.17, 15) is 0 Å². The van der Waals surface area contributed by atoms with Gasteiger partial charge in [0.25, 0.3) is 0 Å². The quantitative estimate of drug-likeness (QED) is 0.926. The largest absolute Gasteiger partial charge is 0.454 e. The summed E-state index contributed by atoms with van der Waals surface area (Å²) in [7, 11) is 0. The highest BCUT2D eigenvalue weighted by atomic mass is 35.5. The van der Waals surface area contributed by atoms with Crippen LogP contribution >= 0.6 is 11.6 Å². The van der Waals surface area contributed by atoms with Crippen molar-refractivity contribution in [3.05, 3.63) is 22.7 Å². The Balaban J connectivity index is 1.68. The lowest BCUT2D eigenvalue weighted by Crippen LogP contribution is -2.48. The average Bonchev–Trinajstić information content (AvgIpc) is 2.86. The Bertz CT molecular complexity index is 472. The van der Waals surface area contributed by atoms with Crippen LogP contribution in [0.25, 0.3) is 0 Å². The summed E-state index contributed by atoms with van der Waals surface area (Å²) in [6.07, 6.45) is 2.23. The number of ether oxygens (including phenoxy) is 3. The van der Waals surface area contributed by atoms with Crippen LogP contribution in [0.3, 0.4) is 0 Å². The van der Waals surface area contributed by atoms with Gasteiger partial charge in [-0.05, 0) is 37.5 Å². The van der Waals surface area contributed by atoms with Gasteiger partial charge in [0.15, 0.2) is 11.5 Å². The minimum absolute atomic E-state index is 0.0428. The Labute approximate surface area is 118 Å². The maximum absolute atomic E-state index is 6.17. The minimum atomic E-state index is 0.0428. The van der Waals surface area contributed by atoms with Gasteiger partial charge < -0.3 is 19.5 Å². The highest BCUT2D eigenvalue weighted by molar-refractivity contribution is 6.32. The molecule has 0 saturated carbocycles. The Kier molecular flexibility index (Phi) is 3.56. The maximum Gasteiger partial charge on any atom is 0.231 e. The molecule has 0 radical (unpaired) electrons. The molecule has 0 amide bonds. The fourth-order valence-electron chi connectivity index (χ4n) is 2.51. The molecular formula is C14H18ClNO3. The molecule has 19 heavy (non-hydrogen) atoms. The molecule has 2 heterocycles. The Morgan fingerprint density at radius 1 is 1.37 bits per heavy atom. The van der Waals surface area contributed by atoms with E-state index >= 15 is 0 Å². The molecule has 0 aromatic heterocycles. The van der Waals surface area contributed by atoms with E-state index < -0.39 is 0 Å². The molecule has 0 aliphatic carbocycles. The van der Waals surface area contributed by atoms with Crippen LogP contribution in [0.15, 0.2) is 12.1 Å². The first-order valence-electron chi connectivity index (χ1n) is 6.57. The van der Waals surface area contributed by atoms with Crippen molar-refractivity contribution >= 4 is 11.6 Å². The van der Waals surface area contributed by atoms with Gasteiger partial charge in [-0.1, -0.05) is 11.6 Å². The highest BCUT2D eigenvalue weighted by Crippen LogP contribution is 2.39. The van der Waals surface area contributed by atoms with Crippen LogP contribution in [0, 0.1) is 0 Å². The Hall–Kier alpha value is -0.970. The lowest BCUT2D eigenvalue weighted by Gasteiger charge is -2.34. The predicted molar refractivity (Wildman–Crippen MR) is 72.9 cm³/mol. The van der Waals surface area contributed by atoms with E-state index in [-0.39, 0.29) is 12.3 Å². The number of rotatable bonds is 3. The zero-order valence-electron chi connectivity index (χ0n) is 11.0. The molecular weight excluding hydrogens is 266 g/mol. The van der Waals surface area contributed by atoms with Crippen molar-refractivity contribution in [2.24, 2.45) is 0 Å². The van der Waals surface area contributed by atoms with Crippen LogP contribution in [-0.2, 0) is 11.3 Å². The van der Waals surface area contributed by atoms with Gasteiger partial charge in [-0.3, -0.25) is 0 Å². The van der Waals surface area contributed by atoms with E-state index in [1.54, 1.807) is 0 Å². The molecule has 1 aromatic carbocycles. The molecule has 3 rings (SSSR count). The summed E-state index contributed by atoms with van der Waals surface area (Å²) < 4.78 is 16.2. The second kappa shape index (κ2) is 5.19. The highest BCUT2D eigenvalue weighted by Gasteiger charge is 2.27. The standard InChI is InChI=1S/C14H18ClNO3/c1-14(3-2-4-17-8-14)16-7-10-5-11(15)13-12(6-10)18-9-19-13/h5-6,16H,2-4,7-9H2,1H3. The molecule has 2 aliphatic rings. The van der Waals surface area contributed by atoms with Crippen LogP contribution < -0.4 is 14.8 Å². The number of halogens is 1. The zero-order valence-corrected chi connectivity index (χ0v) is 11.8. The summed E-state index contributed by atoms with van der Waals surface area (Å²) in [4.78, 5) is 0. The molecule has 5 heteroatoms. The summed E-state index contributed by atoms with van der Waals surface area (Å²) in [6.45, 7) is 4.81. The molecule has 1 N–H and O–H groups in total. The summed E-state index contributed by atoms with van der Waals surface area (Å²) in [6, 6.07) is 3.91. The molecule has 1 saturated heterocycles. The summed E-state index contributed by atoms with van der Waals surface area (Å²) in [5.74, 6) is 1.38. The lowest BCUT2D eigenvalue weighted by molar-refractivity contribution is 0.0278. The normalized spacial score (nSPS) is 25.6. The molecule has 0 spiro atoms. The fourth-order valence-corrected chi connectivity index (χ4v) is 2.80. The topological polar surface area (TPSA) is 39.7 Å². The van der Waals surface area contributed by atoms with Crippen molar-refractivity contribution < 1.29 is 14.2 Å². The van der Waals surface area contributed by atoms with Crippen LogP contribution in [0.2, 0.25) is 5.02 Å². The Morgan fingerprint density at radius 2 is 2.26 bits per heavy atom. The van der Waals surface area contributed by atoms with Crippen molar-refractivity contribution in [2.45, 2.75) is 31.8 Å². The molecule has 1 atom stereocenters. The number of benzene rings is 1. The van der Waals surface area contributed by atoms with Gasteiger partial charge in [0, 0.05) is 18.7 Å². The third-order valence-corrected chi connectivity index (χ3v) is 3.92. The van der Waals surface area contributed by atoms with Crippen molar-refractivity contribution in [3.8, 4) is 11.5 Å². The van der Waals surface area contributed by atoms with E-state index in [2.05, 4.69) is 12.2 Å². The van der Waals surface area contributed by atoms with Gasteiger partial charge >= 0.3 is 0 Å². The van der Waals surface area contributed by atoms with Gasteiger partial charge in [0.1, 0.15) is 0 Å². The summed E-state index contributed by atoms with van der Waals surface area (Å²) >= 11 is 6.17. The van der Waals surface area contributed by atoms with Crippen molar-refractivity contribution in [3.63, 3.8) is 0 Å². The van der Waals surface area contributed by atoms with E-state index in [1.165, 1.54) is 0 Å². The smallest absolute Gasteiger partial charge is 0.231 e. The summed E-state index contributed by atoms with van der Waals surface area (Å²) in [5, 5.41) is 4.16. The number of fused-ring (bicyclic) bond motifs is 1. The zero-order chi connectivity index (χ0) is 13.3. The SMILES string of the molecule is CC1(NCc2cc(Cl)c3c(c2)OCO3)CCCOC1. The molecule has 0 bridgehead atoms. The van der Waals surface area contributed by atoms with Crippen molar-refractivity contribution in [2.75, 3.05) is 20.0 Å². The second-order valence-electron chi connectivity index (χ2n) is 5.38. The van der Waals surface area contributed by atoms with Crippen LogP contribution in [0.5, 0.6) is 11.5 Å². The molecule has 2 aliphatic heterocycles. The Morgan fingerprint density at radius 3 is 3.05 bits per heavy atom. The number of nitrogens with one attached hydrogen (secondary N) is 1. The monoisotopic (exact) mass is 283 g/mol. The van der Waals surface area contributed by atoms with Crippen molar-refractivity contribution in [1.82, 2.24) is 5.32 Å². The van der Waals surface area contributed by atoms with Gasteiger partial charge in [-0.2, -0.15) is 0 Å². The van der Waals surface area contributed by atoms with Crippen molar-refractivity contribution in [1.29, 1.82) is 0 Å². The predicted octanol–water partition coefficient (Wildman–Crippen LogP) is 2.73. The minimum Gasteiger partial charge on any atom is -0.454 e. The van der Waals surface area contributed by atoms with E-state index in [0.29, 0.717) is 10.8 Å². The molecule has 4 nitrogen and oxygen atoms in total. The van der Waals surface area contributed by atoms with E-state index in [4.69, 9.17) is 25.8 Å². The fraction of sp³-hybridized carbons (Fsp3) is 0.571. The molecule has 1 unspecified atom stereocenters. The van der Waals surface area contributed by atoms with E-state index in [0.717, 1.165) is 43.9 Å². The third kappa shape index (κ3) is 2.81. The van der Waals surface area contributed by atoms with Gasteiger partial charge in [-0.25, -0.2) is 0 Å². The van der Waals surface area contributed by atoms with Gasteiger partial charge in [0.2, 0.25) is 6.79 Å². The molecule has 1 fully saturated rings. The summed E-state index contributed by atoms with van der Waals surface area (Å²) in [5.41, 5.74) is 1.14. The first-order chi connectivity index (χ1) is 9.16. The lowest BCUT2D eigenvalue weighted by atomic mass is 9.94. The number of hydrogen-bond acceptors (Lipinski definition) is 4. The average molecular weight is 284 g/mol. The van der Waals surface area contributed by atoms with Crippen LogP contribution in [0.1, 0.15) is 25.3 Å². The first kappa shape index (κ1) is 13.0. The molecule has 1 aromatic rings. The van der Waals surface area contributed by atoms with Gasteiger partial charge in [-0.15, -0.1) is 0 Å². The van der Waals surface area contributed by atoms with Crippen LogP contribution in [-0.4, -0.2) is 25.5 Å². The van der Waals surface area contributed by atoms with Gasteiger partial charge in [0.05, 0.1) is 11.6 Å². The molecule has 104 valence electrons. The van der Waals surface area contributed by atoms with Crippen LogP contribution in [0.4, 0.5) is 0 Å². The first-order valence-corrected chi connectivity index (χ1v) is 6.95. The number of hydrogen-bond donors (Lipinski definition) is 1.